The van der Waals surface area contributed by atoms with Gasteiger partial charge in [-0.3, -0.25) is 9.89 Å². The number of hydrogen-bond acceptors (Lipinski definition) is 2. The maximum Gasteiger partial charge on any atom is 0.270 e. The summed E-state index contributed by atoms with van der Waals surface area (Å²) in [6, 6.07) is 8.14. The van der Waals surface area contributed by atoms with Gasteiger partial charge in [0.05, 0.1) is 11.7 Å². The van der Waals surface area contributed by atoms with Crippen molar-refractivity contribution in [2.24, 2.45) is 7.05 Å². The molecule has 0 atom stereocenters. The first-order valence-corrected chi connectivity index (χ1v) is 8.55. The Morgan fingerprint density at radius 3 is 2.71 bits per heavy atom. The van der Waals surface area contributed by atoms with E-state index in [1.54, 1.807) is 0 Å². The number of piperidine rings is 1. The first-order chi connectivity index (χ1) is 11.7. The topological polar surface area (TPSA) is 53.9 Å². The second-order valence-corrected chi connectivity index (χ2v) is 6.59. The van der Waals surface area contributed by atoms with Crippen LogP contribution in [0.15, 0.2) is 30.5 Å². The molecular weight excluding hydrogens is 300 g/mol. The zero-order chi connectivity index (χ0) is 16.7. The van der Waals surface area contributed by atoms with Gasteiger partial charge < -0.3 is 9.47 Å². The first-order valence-electron chi connectivity index (χ1n) is 8.55. The smallest absolute Gasteiger partial charge is 0.270 e. The van der Waals surface area contributed by atoms with Crippen molar-refractivity contribution >= 4 is 16.8 Å². The summed E-state index contributed by atoms with van der Waals surface area (Å²) < 4.78 is 2.02. The summed E-state index contributed by atoms with van der Waals surface area (Å²) in [5.74, 6) is 0.144. The Bertz CT molecular complexity index is 899. The van der Waals surface area contributed by atoms with E-state index in [1.807, 2.05) is 40.9 Å². The van der Waals surface area contributed by atoms with Crippen LogP contribution in [0.4, 0.5) is 0 Å². The lowest BCUT2D eigenvalue weighted by molar-refractivity contribution is 0.0715. The van der Waals surface area contributed by atoms with Gasteiger partial charge in [-0.25, -0.2) is 0 Å². The average Bonchev–Trinajstić information content (AvgIpc) is 3.23. The van der Waals surface area contributed by atoms with E-state index >= 15 is 0 Å². The molecule has 4 rings (SSSR count). The van der Waals surface area contributed by atoms with Crippen molar-refractivity contribution < 1.29 is 4.79 Å². The summed E-state index contributed by atoms with van der Waals surface area (Å²) in [5.41, 5.74) is 5.19. The fourth-order valence-electron chi connectivity index (χ4n) is 3.69. The SMILES string of the molecule is Cc1c(-c2ccc(C(=O)N3CCCCC3)n2C)ccc2[nH]ncc12. The normalized spacial score (nSPS) is 15.2. The van der Waals surface area contributed by atoms with E-state index in [9.17, 15) is 4.79 Å². The van der Waals surface area contributed by atoms with E-state index in [0.29, 0.717) is 0 Å². The highest BCUT2D eigenvalue weighted by Gasteiger charge is 2.22. The number of aromatic amines is 1. The Kier molecular flexibility index (Phi) is 3.63. The fraction of sp³-hybridized carbons (Fsp3) is 0.368. The largest absolute Gasteiger partial charge is 0.340 e. The molecular formula is C19H22N4O. The van der Waals surface area contributed by atoms with E-state index in [4.69, 9.17) is 0 Å². The molecule has 0 spiro atoms. The minimum Gasteiger partial charge on any atom is -0.340 e. The lowest BCUT2D eigenvalue weighted by atomic mass is 10.0. The van der Waals surface area contributed by atoms with Crippen molar-refractivity contribution in [3.8, 4) is 11.3 Å². The van der Waals surface area contributed by atoms with Gasteiger partial charge in [-0.2, -0.15) is 5.10 Å². The lowest BCUT2D eigenvalue weighted by Gasteiger charge is -2.27. The molecule has 0 bridgehead atoms. The zero-order valence-electron chi connectivity index (χ0n) is 14.2. The molecule has 1 aliphatic rings. The minimum absolute atomic E-state index is 0.144. The molecule has 5 heteroatoms. The Balaban J connectivity index is 1.73. The molecule has 24 heavy (non-hydrogen) atoms. The molecule has 3 aromatic rings. The average molecular weight is 322 g/mol. The second-order valence-electron chi connectivity index (χ2n) is 6.59. The van der Waals surface area contributed by atoms with Crippen molar-refractivity contribution in [2.45, 2.75) is 26.2 Å². The van der Waals surface area contributed by atoms with Crippen LogP contribution < -0.4 is 0 Å². The number of amides is 1. The number of fused-ring (bicyclic) bond motifs is 1. The Hall–Kier alpha value is -2.56. The number of aromatic nitrogens is 3. The van der Waals surface area contributed by atoms with Gasteiger partial charge in [-0.05, 0) is 49.9 Å². The quantitative estimate of drug-likeness (QED) is 0.785. The number of likely N-dealkylation sites (tertiary alicyclic amines) is 1. The van der Waals surface area contributed by atoms with E-state index in [2.05, 4.69) is 23.2 Å². The predicted molar refractivity (Wildman–Crippen MR) is 95.0 cm³/mol. The molecule has 0 aliphatic carbocycles. The highest BCUT2D eigenvalue weighted by Crippen LogP contribution is 2.30. The van der Waals surface area contributed by atoms with Crippen LogP contribution in [0.1, 0.15) is 35.3 Å². The predicted octanol–water partition coefficient (Wildman–Crippen LogP) is 3.50. The molecule has 0 saturated carbocycles. The van der Waals surface area contributed by atoms with Gasteiger partial charge in [0, 0.05) is 36.8 Å². The van der Waals surface area contributed by atoms with Crippen LogP contribution in [-0.4, -0.2) is 38.7 Å². The Morgan fingerprint density at radius 2 is 1.92 bits per heavy atom. The molecule has 1 fully saturated rings. The summed E-state index contributed by atoms with van der Waals surface area (Å²) in [5, 5.41) is 8.25. The van der Waals surface area contributed by atoms with Crippen LogP contribution in [0.2, 0.25) is 0 Å². The van der Waals surface area contributed by atoms with E-state index in [0.717, 1.165) is 53.8 Å². The van der Waals surface area contributed by atoms with Crippen molar-refractivity contribution in [1.82, 2.24) is 19.7 Å². The van der Waals surface area contributed by atoms with Gasteiger partial charge in [-0.15, -0.1) is 0 Å². The molecule has 0 unspecified atom stereocenters. The summed E-state index contributed by atoms with van der Waals surface area (Å²) in [6.45, 7) is 3.85. The lowest BCUT2D eigenvalue weighted by Crippen LogP contribution is -2.36. The van der Waals surface area contributed by atoms with Crippen LogP contribution in [0.5, 0.6) is 0 Å². The summed E-state index contributed by atoms with van der Waals surface area (Å²) in [7, 11) is 1.98. The van der Waals surface area contributed by atoms with Crippen molar-refractivity contribution in [3.05, 3.63) is 41.7 Å². The molecule has 3 heterocycles. The third-order valence-electron chi connectivity index (χ3n) is 5.15. The number of aryl methyl sites for hydroxylation is 1. The van der Waals surface area contributed by atoms with Gasteiger partial charge in [0.25, 0.3) is 5.91 Å². The van der Waals surface area contributed by atoms with Crippen molar-refractivity contribution in [2.75, 3.05) is 13.1 Å². The molecule has 1 N–H and O–H groups in total. The van der Waals surface area contributed by atoms with Crippen LogP contribution in [-0.2, 0) is 7.05 Å². The van der Waals surface area contributed by atoms with Crippen LogP contribution >= 0.6 is 0 Å². The van der Waals surface area contributed by atoms with Gasteiger partial charge in [-0.1, -0.05) is 6.07 Å². The van der Waals surface area contributed by atoms with Gasteiger partial charge in [0.2, 0.25) is 0 Å². The van der Waals surface area contributed by atoms with Crippen LogP contribution in [0.25, 0.3) is 22.2 Å². The number of hydrogen-bond donors (Lipinski definition) is 1. The number of carbonyl (C=O) groups excluding carboxylic acids is 1. The van der Waals surface area contributed by atoms with Gasteiger partial charge in [0.1, 0.15) is 5.69 Å². The van der Waals surface area contributed by atoms with Crippen LogP contribution in [0, 0.1) is 6.92 Å². The highest BCUT2D eigenvalue weighted by atomic mass is 16.2. The molecule has 5 nitrogen and oxygen atoms in total. The van der Waals surface area contributed by atoms with E-state index in [1.165, 1.54) is 12.0 Å². The summed E-state index contributed by atoms with van der Waals surface area (Å²) in [4.78, 5) is 14.8. The molecule has 2 aromatic heterocycles. The zero-order valence-corrected chi connectivity index (χ0v) is 14.2. The molecule has 1 aromatic carbocycles. The highest BCUT2D eigenvalue weighted by molar-refractivity contribution is 5.95. The molecule has 124 valence electrons. The van der Waals surface area contributed by atoms with Crippen molar-refractivity contribution in [3.63, 3.8) is 0 Å². The summed E-state index contributed by atoms with van der Waals surface area (Å²) >= 11 is 0. The minimum atomic E-state index is 0.144. The monoisotopic (exact) mass is 322 g/mol. The first kappa shape index (κ1) is 15.0. The molecule has 1 aliphatic heterocycles. The van der Waals surface area contributed by atoms with Crippen LogP contribution in [0.3, 0.4) is 0 Å². The van der Waals surface area contributed by atoms with E-state index < -0.39 is 0 Å². The number of rotatable bonds is 2. The Morgan fingerprint density at radius 1 is 1.12 bits per heavy atom. The molecule has 0 radical (unpaired) electrons. The number of H-pyrrole nitrogens is 1. The number of nitrogens with one attached hydrogen (secondary N) is 1. The standard InChI is InChI=1S/C19H22N4O/c1-13-14(6-7-16-15(13)12-20-21-16)17-8-9-18(22(17)2)19(24)23-10-4-3-5-11-23/h6-9,12H,3-5,10-11H2,1-2H3,(H,20,21). The van der Waals surface area contributed by atoms with Gasteiger partial charge in [0.15, 0.2) is 0 Å². The van der Waals surface area contributed by atoms with E-state index in [-0.39, 0.29) is 5.91 Å². The van der Waals surface area contributed by atoms with Gasteiger partial charge >= 0.3 is 0 Å². The maximum atomic E-state index is 12.8. The molecule has 1 saturated heterocycles. The maximum absolute atomic E-state index is 12.8. The Labute approximate surface area is 141 Å². The number of carbonyl (C=O) groups is 1. The number of nitrogens with zero attached hydrogens (tertiary/aromatic N) is 3. The third-order valence-corrected chi connectivity index (χ3v) is 5.15. The van der Waals surface area contributed by atoms with Crippen molar-refractivity contribution in [1.29, 1.82) is 0 Å². The second kappa shape index (κ2) is 5.82. The number of benzene rings is 1. The summed E-state index contributed by atoms with van der Waals surface area (Å²) in [6.07, 6.45) is 5.31. The molecule has 1 amide bonds. The fourth-order valence-corrected chi connectivity index (χ4v) is 3.69. The third kappa shape index (κ3) is 2.31.